The lowest BCUT2D eigenvalue weighted by atomic mass is 9.90. The summed E-state index contributed by atoms with van der Waals surface area (Å²) >= 11 is 0. The maximum Gasteiger partial charge on any atom is 0.0541 e. The van der Waals surface area contributed by atoms with Gasteiger partial charge in [0.05, 0.1) is 16.7 Å². The van der Waals surface area contributed by atoms with Crippen molar-refractivity contribution in [1.29, 1.82) is 0 Å². The second-order valence-corrected chi connectivity index (χ2v) is 16.1. The third-order valence-corrected chi connectivity index (χ3v) is 12.6. The smallest absolute Gasteiger partial charge is 0.0541 e. The van der Waals surface area contributed by atoms with E-state index in [1.807, 2.05) is 0 Å². The number of hydrogen-bond donors (Lipinski definition) is 0. The molecule has 2 heteroatoms. The van der Waals surface area contributed by atoms with Gasteiger partial charge in [0.1, 0.15) is 0 Å². The zero-order valence-corrected chi connectivity index (χ0v) is 34.0. The molecule has 0 saturated heterocycles. The zero-order valence-electron chi connectivity index (χ0n) is 34.0. The van der Waals surface area contributed by atoms with Gasteiger partial charge >= 0.3 is 0 Å². The second kappa shape index (κ2) is 14.8. The monoisotopic (exact) mass is 788 g/mol. The lowest BCUT2D eigenvalue weighted by molar-refractivity contribution is 1.18. The summed E-state index contributed by atoms with van der Waals surface area (Å²) in [5, 5.41) is 10.2. The fourth-order valence-electron chi connectivity index (χ4n) is 9.69. The van der Waals surface area contributed by atoms with Crippen LogP contribution in [0, 0.1) is 0 Å². The highest BCUT2D eigenvalue weighted by Gasteiger charge is 2.20. The quantitative estimate of drug-likeness (QED) is 0.146. The molecule has 0 aliphatic rings. The van der Waals surface area contributed by atoms with Crippen molar-refractivity contribution < 1.29 is 0 Å². The first-order chi connectivity index (χ1) is 30.8. The zero-order chi connectivity index (χ0) is 41.0. The summed E-state index contributed by atoms with van der Waals surface area (Å²) in [6.07, 6.45) is 0. The molecule has 0 atom stereocenters. The number of anilines is 3. The Bertz CT molecular complexity index is 3560. The molecule has 11 aromatic carbocycles. The number of rotatable bonds is 7. The van der Waals surface area contributed by atoms with Crippen LogP contribution in [0.25, 0.3) is 93.2 Å². The third kappa shape index (κ3) is 5.96. The van der Waals surface area contributed by atoms with E-state index in [0.717, 1.165) is 33.9 Å². The summed E-state index contributed by atoms with van der Waals surface area (Å²) in [5.74, 6) is 0. The average molecular weight is 789 g/mol. The second-order valence-electron chi connectivity index (χ2n) is 16.1. The number of para-hydroxylation sites is 3. The molecule has 12 rings (SSSR count). The standard InChI is InChI=1S/C60H40N2/c1-2-15-41(16-3-1)42-31-35-47(36-32-42)61(48-37-33-44(34-38-48)56-40-46-30-29-43-17-4-5-21-51(43)60(46)55-25-7-6-22-52(55)56)57-26-11-8-20-50(57)45-18-14-19-49(39-45)62-58-27-12-9-23-53(58)54-24-10-13-28-59(54)62/h1-40H. The van der Waals surface area contributed by atoms with E-state index in [4.69, 9.17) is 0 Å². The van der Waals surface area contributed by atoms with Crippen LogP contribution < -0.4 is 4.90 Å². The van der Waals surface area contributed by atoms with Crippen LogP contribution in [-0.4, -0.2) is 4.57 Å². The van der Waals surface area contributed by atoms with Crippen molar-refractivity contribution in [2.45, 2.75) is 0 Å². The minimum atomic E-state index is 1.09. The molecule has 0 aliphatic carbocycles. The maximum atomic E-state index is 2.41. The summed E-state index contributed by atoms with van der Waals surface area (Å²) in [6.45, 7) is 0. The first-order valence-electron chi connectivity index (χ1n) is 21.3. The Morgan fingerprint density at radius 2 is 0.823 bits per heavy atom. The van der Waals surface area contributed by atoms with Gasteiger partial charge in [-0.1, -0.05) is 182 Å². The minimum Gasteiger partial charge on any atom is -0.310 e. The highest BCUT2D eigenvalue weighted by atomic mass is 15.1. The predicted octanol–water partition coefficient (Wildman–Crippen LogP) is 16.7. The van der Waals surface area contributed by atoms with Crippen molar-refractivity contribution in [2.24, 2.45) is 0 Å². The molecule has 1 aromatic heterocycles. The van der Waals surface area contributed by atoms with Crippen LogP contribution in [-0.2, 0) is 0 Å². The van der Waals surface area contributed by atoms with E-state index in [1.165, 1.54) is 76.4 Å². The van der Waals surface area contributed by atoms with Crippen molar-refractivity contribution >= 4 is 71.2 Å². The van der Waals surface area contributed by atoms with Gasteiger partial charge in [-0.25, -0.2) is 0 Å². The fraction of sp³-hybridized carbons (Fsp3) is 0. The first-order valence-corrected chi connectivity index (χ1v) is 21.3. The van der Waals surface area contributed by atoms with Crippen molar-refractivity contribution in [3.63, 3.8) is 0 Å². The molecule has 0 N–H and O–H groups in total. The van der Waals surface area contributed by atoms with Crippen molar-refractivity contribution in [1.82, 2.24) is 4.57 Å². The molecule has 12 aromatic rings. The molecule has 2 nitrogen and oxygen atoms in total. The van der Waals surface area contributed by atoms with Gasteiger partial charge in [-0.05, 0) is 121 Å². The summed E-state index contributed by atoms with van der Waals surface area (Å²) in [6, 6.07) is 88.4. The Morgan fingerprint density at radius 3 is 1.55 bits per heavy atom. The third-order valence-electron chi connectivity index (χ3n) is 12.6. The lowest BCUT2D eigenvalue weighted by Crippen LogP contribution is -2.11. The van der Waals surface area contributed by atoms with Crippen LogP contribution in [0.5, 0.6) is 0 Å². The SMILES string of the molecule is c1ccc(-c2ccc(N(c3ccc(-c4cc5ccc6ccccc6c5c5ccccc45)cc3)c3ccccc3-c3cccc(-n4c5ccccc5c5ccccc54)c3)cc2)cc1. The molecule has 0 saturated carbocycles. The number of fused-ring (bicyclic) bond motifs is 8. The van der Waals surface area contributed by atoms with Gasteiger partial charge in [0.2, 0.25) is 0 Å². The Balaban J connectivity index is 1.01. The molecule has 0 fully saturated rings. The molecule has 1 heterocycles. The Morgan fingerprint density at radius 1 is 0.290 bits per heavy atom. The molecule has 0 unspecified atom stereocenters. The number of aromatic nitrogens is 1. The van der Waals surface area contributed by atoms with Gasteiger partial charge in [0, 0.05) is 33.4 Å². The molecule has 0 bridgehead atoms. The molecular formula is C60H40N2. The van der Waals surface area contributed by atoms with E-state index in [2.05, 4.69) is 252 Å². The van der Waals surface area contributed by atoms with Crippen molar-refractivity contribution in [3.8, 4) is 39.1 Å². The van der Waals surface area contributed by atoms with E-state index in [1.54, 1.807) is 0 Å². The molecule has 0 radical (unpaired) electrons. The van der Waals surface area contributed by atoms with Gasteiger partial charge in [-0.15, -0.1) is 0 Å². The summed E-state index contributed by atoms with van der Waals surface area (Å²) in [5.41, 5.74) is 13.9. The summed E-state index contributed by atoms with van der Waals surface area (Å²) in [7, 11) is 0. The summed E-state index contributed by atoms with van der Waals surface area (Å²) in [4.78, 5) is 2.41. The summed E-state index contributed by atoms with van der Waals surface area (Å²) < 4.78 is 2.40. The Labute approximate surface area is 360 Å². The molecular weight excluding hydrogens is 749 g/mol. The topological polar surface area (TPSA) is 8.17 Å². The van der Waals surface area contributed by atoms with Gasteiger partial charge in [0.15, 0.2) is 0 Å². The van der Waals surface area contributed by atoms with Crippen LogP contribution in [0.2, 0.25) is 0 Å². The van der Waals surface area contributed by atoms with Crippen LogP contribution >= 0.6 is 0 Å². The first kappa shape index (κ1) is 35.7. The van der Waals surface area contributed by atoms with E-state index in [9.17, 15) is 0 Å². The Hall–Kier alpha value is -8.20. The number of hydrogen-bond acceptors (Lipinski definition) is 1. The minimum absolute atomic E-state index is 1.09. The molecule has 290 valence electrons. The molecule has 62 heavy (non-hydrogen) atoms. The highest BCUT2D eigenvalue weighted by molar-refractivity contribution is 6.23. The van der Waals surface area contributed by atoms with Gasteiger partial charge < -0.3 is 9.47 Å². The van der Waals surface area contributed by atoms with Crippen LogP contribution in [0.3, 0.4) is 0 Å². The van der Waals surface area contributed by atoms with E-state index < -0.39 is 0 Å². The molecule has 0 aliphatic heterocycles. The Kier molecular flexibility index (Phi) is 8.53. The number of benzene rings is 11. The van der Waals surface area contributed by atoms with E-state index >= 15 is 0 Å². The number of nitrogens with zero attached hydrogens (tertiary/aromatic N) is 2. The van der Waals surface area contributed by atoms with Crippen LogP contribution in [0.4, 0.5) is 17.1 Å². The van der Waals surface area contributed by atoms with Gasteiger partial charge in [-0.3, -0.25) is 0 Å². The van der Waals surface area contributed by atoms with Gasteiger partial charge in [-0.2, -0.15) is 0 Å². The van der Waals surface area contributed by atoms with E-state index in [0.29, 0.717) is 0 Å². The van der Waals surface area contributed by atoms with Gasteiger partial charge in [0.25, 0.3) is 0 Å². The van der Waals surface area contributed by atoms with Crippen LogP contribution in [0.1, 0.15) is 0 Å². The lowest BCUT2D eigenvalue weighted by Gasteiger charge is -2.28. The largest absolute Gasteiger partial charge is 0.310 e. The normalized spacial score (nSPS) is 11.5. The van der Waals surface area contributed by atoms with E-state index in [-0.39, 0.29) is 0 Å². The highest BCUT2D eigenvalue weighted by Crippen LogP contribution is 2.44. The molecule has 0 amide bonds. The van der Waals surface area contributed by atoms with Crippen molar-refractivity contribution in [2.75, 3.05) is 4.90 Å². The van der Waals surface area contributed by atoms with Crippen LogP contribution in [0.15, 0.2) is 243 Å². The fourth-order valence-corrected chi connectivity index (χ4v) is 9.69. The maximum absolute atomic E-state index is 2.41. The van der Waals surface area contributed by atoms with Crippen molar-refractivity contribution in [3.05, 3.63) is 243 Å². The molecule has 0 spiro atoms. The average Bonchev–Trinajstić information content (AvgIpc) is 3.69. The predicted molar refractivity (Wildman–Crippen MR) is 264 cm³/mol.